The molecular weight excluding hydrogens is 254 g/mol. The van der Waals surface area contributed by atoms with Crippen molar-refractivity contribution in [1.82, 2.24) is 15.1 Å². The van der Waals surface area contributed by atoms with Gasteiger partial charge >= 0.3 is 0 Å². The number of fused-ring (bicyclic) bond motifs is 1. The highest BCUT2D eigenvalue weighted by molar-refractivity contribution is 6.30. The minimum absolute atomic E-state index is 0.237. The fourth-order valence-corrected chi connectivity index (χ4v) is 1.90. The molecule has 0 aliphatic heterocycles. The van der Waals surface area contributed by atoms with Gasteiger partial charge in [0.25, 0.3) is 11.3 Å². The Morgan fingerprint density at radius 3 is 2.72 bits per heavy atom. The Hall–Kier alpha value is -2.14. The number of nitrogens with one attached hydrogen (secondary N) is 1. The second kappa shape index (κ2) is 3.96. The lowest BCUT2D eigenvalue weighted by Crippen LogP contribution is -2.09. The van der Waals surface area contributed by atoms with Crippen LogP contribution in [-0.2, 0) is 0 Å². The van der Waals surface area contributed by atoms with Gasteiger partial charge in [-0.15, -0.1) is 0 Å². The van der Waals surface area contributed by atoms with E-state index in [1.807, 2.05) is 0 Å². The zero-order valence-electron chi connectivity index (χ0n) is 9.40. The van der Waals surface area contributed by atoms with Gasteiger partial charge in [0.1, 0.15) is 16.9 Å². The number of nitrogens with zero attached hydrogens (tertiary/aromatic N) is 2. The Bertz CT molecular complexity index is 774. The van der Waals surface area contributed by atoms with Gasteiger partial charge in [0, 0.05) is 10.6 Å². The topological polar surface area (TPSA) is 71.8 Å². The Morgan fingerprint density at radius 2 is 2.00 bits per heavy atom. The first-order chi connectivity index (χ1) is 8.65. The van der Waals surface area contributed by atoms with Crippen molar-refractivity contribution in [2.75, 3.05) is 0 Å². The predicted octanol–water partition coefficient (Wildman–Crippen LogP) is 2.54. The highest BCUT2D eigenvalue weighted by Gasteiger charge is 2.15. The summed E-state index contributed by atoms with van der Waals surface area (Å²) in [5, 5.41) is 4.87. The summed E-state index contributed by atoms with van der Waals surface area (Å²) in [6.45, 7) is 1.69. The third-order valence-corrected chi connectivity index (χ3v) is 2.83. The molecular formula is C12H8ClN3O2. The maximum atomic E-state index is 11.9. The van der Waals surface area contributed by atoms with E-state index in [-0.39, 0.29) is 11.3 Å². The van der Waals surface area contributed by atoms with Crippen molar-refractivity contribution in [3.63, 3.8) is 0 Å². The zero-order chi connectivity index (χ0) is 12.7. The van der Waals surface area contributed by atoms with Gasteiger partial charge in [-0.25, -0.2) is 0 Å². The van der Waals surface area contributed by atoms with Crippen molar-refractivity contribution in [3.8, 4) is 11.3 Å². The molecule has 0 saturated heterocycles. The fraction of sp³-hybridized carbons (Fsp3) is 0.0833. The molecule has 1 aromatic carbocycles. The molecule has 0 bridgehead atoms. The minimum atomic E-state index is -0.260. The summed E-state index contributed by atoms with van der Waals surface area (Å²) in [6, 6.07) is 7.01. The summed E-state index contributed by atoms with van der Waals surface area (Å²) in [5.74, 6) is 0.492. The number of hydrogen-bond donors (Lipinski definition) is 1. The van der Waals surface area contributed by atoms with E-state index in [9.17, 15) is 4.79 Å². The van der Waals surface area contributed by atoms with Crippen molar-refractivity contribution in [3.05, 3.63) is 45.5 Å². The van der Waals surface area contributed by atoms with Gasteiger partial charge in [-0.1, -0.05) is 28.9 Å². The standard InChI is InChI=1S/C12H8ClN3O2/c1-6-14-11(17)9-10(16-18-12(9)15-6)7-2-4-8(13)5-3-7/h2-5H,1H3,(H,14,15,17). The second-order valence-electron chi connectivity index (χ2n) is 3.87. The van der Waals surface area contributed by atoms with E-state index in [0.29, 0.717) is 21.9 Å². The molecule has 0 radical (unpaired) electrons. The maximum absolute atomic E-state index is 11.9. The summed E-state index contributed by atoms with van der Waals surface area (Å²) in [5.41, 5.74) is 1.20. The molecule has 0 spiro atoms. The molecule has 5 nitrogen and oxygen atoms in total. The molecule has 90 valence electrons. The van der Waals surface area contributed by atoms with E-state index >= 15 is 0 Å². The highest BCUT2D eigenvalue weighted by Crippen LogP contribution is 2.25. The van der Waals surface area contributed by atoms with Gasteiger partial charge in [0.2, 0.25) is 0 Å². The van der Waals surface area contributed by atoms with Crippen LogP contribution in [0.1, 0.15) is 5.82 Å². The van der Waals surface area contributed by atoms with Crippen LogP contribution in [0.4, 0.5) is 0 Å². The molecule has 18 heavy (non-hydrogen) atoms. The van der Waals surface area contributed by atoms with Gasteiger partial charge in [0.05, 0.1) is 0 Å². The van der Waals surface area contributed by atoms with Crippen LogP contribution in [-0.4, -0.2) is 15.1 Å². The lowest BCUT2D eigenvalue weighted by molar-refractivity contribution is 0.450. The summed E-state index contributed by atoms with van der Waals surface area (Å²) < 4.78 is 5.08. The van der Waals surface area contributed by atoms with E-state index in [1.54, 1.807) is 31.2 Å². The van der Waals surface area contributed by atoms with Crippen molar-refractivity contribution in [2.45, 2.75) is 6.92 Å². The smallest absolute Gasteiger partial charge is 0.265 e. The second-order valence-corrected chi connectivity index (χ2v) is 4.31. The van der Waals surface area contributed by atoms with Crippen LogP contribution in [0.5, 0.6) is 0 Å². The molecule has 6 heteroatoms. The van der Waals surface area contributed by atoms with Gasteiger partial charge in [-0.3, -0.25) is 4.79 Å². The van der Waals surface area contributed by atoms with Gasteiger partial charge in [-0.05, 0) is 19.1 Å². The largest absolute Gasteiger partial charge is 0.335 e. The molecule has 3 rings (SSSR count). The van der Waals surface area contributed by atoms with E-state index in [2.05, 4.69) is 15.1 Å². The van der Waals surface area contributed by atoms with Crippen molar-refractivity contribution >= 4 is 22.7 Å². The van der Waals surface area contributed by atoms with Gasteiger partial charge < -0.3 is 9.51 Å². The first kappa shape index (κ1) is 11.0. The fourth-order valence-electron chi connectivity index (χ4n) is 1.77. The number of benzene rings is 1. The van der Waals surface area contributed by atoms with Crippen LogP contribution >= 0.6 is 11.6 Å². The Balaban J connectivity index is 2.30. The quantitative estimate of drug-likeness (QED) is 0.731. The number of rotatable bonds is 1. The number of aromatic amines is 1. The third-order valence-electron chi connectivity index (χ3n) is 2.58. The molecule has 0 aliphatic carbocycles. The molecule has 0 aliphatic rings. The van der Waals surface area contributed by atoms with Crippen LogP contribution in [0.2, 0.25) is 5.02 Å². The molecule has 0 fully saturated rings. The van der Waals surface area contributed by atoms with Gasteiger partial charge in [0.15, 0.2) is 0 Å². The first-order valence-corrected chi connectivity index (χ1v) is 5.65. The van der Waals surface area contributed by atoms with E-state index < -0.39 is 0 Å². The molecule has 0 unspecified atom stereocenters. The molecule has 2 heterocycles. The number of hydrogen-bond acceptors (Lipinski definition) is 4. The molecule has 0 atom stereocenters. The third kappa shape index (κ3) is 1.69. The number of aromatic nitrogens is 3. The predicted molar refractivity (Wildman–Crippen MR) is 67.6 cm³/mol. The number of H-pyrrole nitrogens is 1. The first-order valence-electron chi connectivity index (χ1n) is 5.27. The zero-order valence-corrected chi connectivity index (χ0v) is 10.2. The summed E-state index contributed by atoms with van der Waals surface area (Å²) >= 11 is 5.82. The minimum Gasteiger partial charge on any atom is -0.335 e. The number of halogens is 1. The van der Waals surface area contributed by atoms with Crippen LogP contribution in [0.25, 0.3) is 22.4 Å². The summed E-state index contributed by atoms with van der Waals surface area (Å²) in [7, 11) is 0. The van der Waals surface area contributed by atoms with Crippen molar-refractivity contribution in [1.29, 1.82) is 0 Å². The Labute approximate surface area is 106 Å². The molecule has 3 aromatic rings. The molecule has 0 saturated carbocycles. The lowest BCUT2D eigenvalue weighted by atomic mass is 10.1. The van der Waals surface area contributed by atoms with Crippen LogP contribution in [0.15, 0.2) is 33.6 Å². The molecule has 1 N–H and O–H groups in total. The monoisotopic (exact) mass is 261 g/mol. The van der Waals surface area contributed by atoms with Crippen LogP contribution in [0, 0.1) is 6.92 Å². The van der Waals surface area contributed by atoms with Crippen LogP contribution < -0.4 is 5.56 Å². The van der Waals surface area contributed by atoms with E-state index in [1.165, 1.54) is 0 Å². The van der Waals surface area contributed by atoms with E-state index in [4.69, 9.17) is 16.1 Å². The summed E-state index contributed by atoms with van der Waals surface area (Å²) in [6.07, 6.45) is 0. The number of aryl methyl sites for hydroxylation is 1. The average molecular weight is 262 g/mol. The van der Waals surface area contributed by atoms with E-state index in [0.717, 1.165) is 5.56 Å². The summed E-state index contributed by atoms with van der Waals surface area (Å²) in [4.78, 5) is 18.6. The van der Waals surface area contributed by atoms with Crippen molar-refractivity contribution in [2.24, 2.45) is 0 Å². The molecule has 2 aromatic heterocycles. The SMILES string of the molecule is Cc1nc2onc(-c3ccc(Cl)cc3)c2c(=O)[nH]1. The lowest BCUT2D eigenvalue weighted by Gasteiger charge is -1.96. The Kier molecular flexibility index (Phi) is 2.41. The van der Waals surface area contributed by atoms with Crippen LogP contribution in [0.3, 0.4) is 0 Å². The molecule has 0 amide bonds. The normalized spacial score (nSPS) is 11.0. The van der Waals surface area contributed by atoms with Crippen molar-refractivity contribution < 1.29 is 4.52 Å². The Morgan fingerprint density at radius 1 is 1.28 bits per heavy atom. The van der Waals surface area contributed by atoms with Gasteiger partial charge in [-0.2, -0.15) is 4.98 Å². The highest BCUT2D eigenvalue weighted by atomic mass is 35.5. The average Bonchev–Trinajstić information content (AvgIpc) is 2.74. The maximum Gasteiger partial charge on any atom is 0.265 e.